The van der Waals surface area contributed by atoms with Crippen molar-refractivity contribution in [2.75, 3.05) is 33.2 Å². The predicted molar refractivity (Wildman–Crippen MR) is 64.2 cm³/mol. The third-order valence-electron chi connectivity index (χ3n) is 3.64. The second kappa shape index (κ2) is 4.72. The van der Waals surface area contributed by atoms with Crippen molar-refractivity contribution in [1.29, 1.82) is 0 Å². The van der Waals surface area contributed by atoms with Crippen LogP contribution in [-0.2, 0) is 4.79 Å². The lowest BCUT2D eigenvalue weighted by molar-refractivity contribution is -0.145. The molecule has 2 heterocycles. The van der Waals surface area contributed by atoms with E-state index in [1.807, 2.05) is 11.9 Å². The van der Waals surface area contributed by atoms with Crippen molar-refractivity contribution in [2.24, 2.45) is 5.92 Å². The highest BCUT2D eigenvalue weighted by Crippen LogP contribution is 2.22. The molecule has 2 rings (SSSR count). The van der Waals surface area contributed by atoms with Crippen LogP contribution in [0.15, 0.2) is 0 Å². The summed E-state index contributed by atoms with van der Waals surface area (Å²) in [5, 5.41) is 3.41. The summed E-state index contributed by atoms with van der Waals surface area (Å²) in [5.74, 6) is 0.892. The highest BCUT2D eigenvalue weighted by molar-refractivity contribution is 5.82. The molecule has 1 N–H and O–H groups in total. The molecule has 0 spiro atoms. The molecule has 2 fully saturated rings. The van der Waals surface area contributed by atoms with Crippen molar-refractivity contribution in [3.8, 4) is 0 Å². The van der Waals surface area contributed by atoms with Crippen LogP contribution >= 0.6 is 0 Å². The minimum atomic E-state index is 0.117. The lowest BCUT2D eigenvalue weighted by Crippen LogP contribution is -2.66. The molecule has 2 saturated heterocycles. The van der Waals surface area contributed by atoms with Gasteiger partial charge in [-0.2, -0.15) is 0 Å². The molecule has 4 heteroatoms. The number of amides is 1. The SMILES string of the molecule is CC(C)CC1C(=O)N(C)CC2CNCCN21. The van der Waals surface area contributed by atoms with Gasteiger partial charge in [0.25, 0.3) is 0 Å². The number of carbonyl (C=O) groups is 1. The molecule has 2 unspecified atom stereocenters. The van der Waals surface area contributed by atoms with Crippen molar-refractivity contribution in [2.45, 2.75) is 32.4 Å². The van der Waals surface area contributed by atoms with Crippen LogP contribution in [0.4, 0.5) is 0 Å². The summed E-state index contributed by atoms with van der Waals surface area (Å²) in [6.45, 7) is 8.31. The summed E-state index contributed by atoms with van der Waals surface area (Å²) in [6, 6.07) is 0.631. The Kier molecular flexibility index (Phi) is 3.50. The second-order valence-electron chi connectivity index (χ2n) is 5.46. The molecule has 0 aromatic heterocycles. The quantitative estimate of drug-likeness (QED) is 0.726. The summed E-state index contributed by atoms with van der Waals surface area (Å²) in [4.78, 5) is 16.5. The fourth-order valence-electron chi connectivity index (χ4n) is 2.84. The normalized spacial score (nSPS) is 32.0. The van der Waals surface area contributed by atoms with Gasteiger partial charge in [-0.3, -0.25) is 9.69 Å². The minimum Gasteiger partial charge on any atom is -0.343 e. The van der Waals surface area contributed by atoms with E-state index in [0.29, 0.717) is 17.9 Å². The van der Waals surface area contributed by atoms with E-state index in [2.05, 4.69) is 24.1 Å². The number of likely N-dealkylation sites (N-methyl/N-ethyl adjacent to an activating group) is 1. The molecule has 0 aromatic carbocycles. The molecular weight excluding hydrogens is 202 g/mol. The molecule has 1 amide bonds. The maximum absolute atomic E-state index is 12.2. The van der Waals surface area contributed by atoms with Crippen LogP contribution in [0.3, 0.4) is 0 Å². The number of hydrogen-bond acceptors (Lipinski definition) is 3. The molecule has 16 heavy (non-hydrogen) atoms. The number of hydrogen-bond donors (Lipinski definition) is 1. The summed E-state index contributed by atoms with van der Waals surface area (Å²) in [7, 11) is 1.93. The van der Waals surface area contributed by atoms with Crippen LogP contribution in [0.25, 0.3) is 0 Å². The first-order valence-electron chi connectivity index (χ1n) is 6.31. The van der Waals surface area contributed by atoms with Crippen molar-refractivity contribution in [3.63, 3.8) is 0 Å². The van der Waals surface area contributed by atoms with Crippen LogP contribution in [0, 0.1) is 5.92 Å². The molecule has 2 aliphatic rings. The third-order valence-corrected chi connectivity index (χ3v) is 3.64. The summed E-state index contributed by atoms with van der Waals surface area (Å²) >= 11 is 0. The van der Waals surface area contributed by atoms with Gasteiger partial charge >= 0.3 is 0 Å². The first-order valence-corrected chi connectivity index (χ1v) is 6.31. The second-order valence-corrected chi connectivity index (χ2v) is 5.46. The lowest BCUT2D eigenvalue weighted by atomic mass is 9.95. The van der Waals surface area contributed by atoms with Crippen LogP contribution in [0.5, 0.6) is 0 Å². The van der Waals surface area contributed by atoms with Gasteiger partial charge in [-0.15, -0.1) is 0 Å². The standard InChI is InChI=1S/C12H23N3O/c1-9(2)6-11-12(16)14(3)8-10-7-13-4-5-15(10)11/h9-11,13H,4-8H2,1-3H3. The van der Waals surface area contributed by atoms with Gasteiger partial charge in [0, 0.05) is 39.3 Å². The molecule has 2 aliphatic heterocycles. The average Bonchev–Trinajstić information content (AvgIpc) is 2.24. The van der Waals surface area contributed by atoms with Gasteiger partial charge in [0.05, 0.1) is 6.04 Å². The Morgan fingerprint density at radius 3 is 2.94 bits per heavy atom. The molecule has 0 radical (unpaired) electrons. The zero-order chi connectivity index (χ0) is 11.7. The van der Waals surface area contributed by atoms with E-state index >= 15 is 0 Å². The maximum atomic E-state index is 12.2. The monoisotopic (exact) mass is 225 g/mol. The van der Waals surface area contributed by atoms with Crippen LogP contribution in [0.2, 0.25) is 0 Å². The van der Waals surface area contributed by atoms with E-state index < -0.39 is 0 Å². The number of carbonyl (C=O) groups excluding carboxylic acids is 1. The Bertz CT molecular complexity index is 267. The molecule has 0 bridgehead atoms. The van der Waals surface area contributed by atoms with E-state index in [-0.39, 0.29) is 6.04 Å². The van der Waals surface area contributed by atoms with E-state index in [0.717, 1.165) is 32.6 Å². The van der Waals surface area contributed by atoms with E-state index in [1.165, 1.54) is 0 Å². The van der Waals surface area contributed by atoms with Gasteiger partial charge in [0.1, 0.15) is 0 Å². The Balaban J connectivity index is 2.12. The summed E-state index contributed by atoms with van der Waals surface area (Å²) < 4.78 is 0. The van der Waals surface area contributed by atoms with Crippen molar-refractivity contribution in [3.05, 3.63) is 0 Å². The largest absolute Gasteiger partial charge is 0.343 e. The number of nitrogens with one attached hydrogen (secondary N) is 1. The van der Waals surface area contributed by atoms with Gasteiger partial charge in [0.15, 0.2) is 0 Å². The Hall–Kier alpha value is -0.610. The topological polar surface area (TPSA) is 35.6 Å². The fraction of sp³-hybridized carbons (Fsp3) is 0.917. The summed E-state index contributed by atoms with van der Waals surface area (Å²) in [6.07, 6.45) is 0.986. The molecule has 0 aliphatic carbocycles. The first-order chi connectivity index (χ1) is 7.59. The third kappa shape index (κ3) is 2.23. The minimum absolute atomic E-state index is 0.117. The number of piperazine rings is 2. The lowest BCUT2D eigenvalue weighted by Gasteiger charge is -2.48. The number of rotatable bonds is 2. The van der Waals surface area contributed by atoms with Gasteiger partial charge < -0.3 is 10.2 Å². The fourth-order valence-corrected chi connectivity index (χ4v) is 2.84. The number of fused-ring (bicyclic) bond motifs is 1. The van der Waals surface area contributed by atoms with Crippen LogP contribution < -0.4 is 5.32 Å². The average molecular weight is 225 g/mol. The van der Waals surface area contributed by atoms with E-state index in [9.17, 15) is 4.79 Å². The highest BCUT2D eigenvalue weighted by Gasteiger charge is 2.39. The van der Waals surface area contributed by atoms with Gasteiger partial charge in [0.2, 0.25) is 5.91 Å². The van der Waals surface area contributed by atoms with Crippen LogP contribution in [-0.4, -0.2) is 61.0 Å². The van der Waals surface area contributed by atoms with Gasteiger partial charge in [-0.25, -0.2) is 0 Å². The highest BCUT2D eigenvalue weighted by atomic mass is 16.2. The number of nitrogens with zero attached hydrogens (tertiary/aromatic N) is 2. The van der Waals surface area contributed by atoms with Gasteiger partial charge in [-0.1, -0.05) is 13.8 Å². The smallest absolute Gasteiger partial charge is 0.239 e. The molecule has 0 saturated carbocycles. The van der Waals surface area contributed by atoms with Crippen molar-refractivity contribution in [1.82, 2.24) is 15.1 Å². The van der Waals surface area contributed by atoms with Gasteiger partial charge in [-0.05, 0) is 12.3 Å². The van der Waals surface area contributed by atoms with Crippen molar-refractivity contribution >= 4 is 5.91 Å². The Morgan fingerprint density at radius 2 is 2.25 bits per heavy atom. The van der Waals surface area contributed by atoms with Crippen molar-refractivity contribution < 1.29 is 4.79 Å². The Labute approximate surface area is 98.0 Å². The molecule has 4 nitrogen and oxygen atoms in total. The zero-order valence-corrected chi connectivity index (χ0v) is 10.6. The molecule has 0 aromatic rings. The maximum Gasteiger partial charge on any atom is 0.239 e. The Morgan fingerprint density at radius 1 is 1.50 bits per heavy atom. The summed E-state index contributed by atoms with van der Waals surface area (Å²) in [5.41, 5.74) is 0. The van der Waals surface area contributed by atoms with Crippen LogP contribution in [0.1, 0.15) is 20.3 Å². The molecule has 2 atom stereocenters. The predicted octanol–water partition coefficient (Wildman–Crippen LogP) is 0.147. The first kappa shape index (κ1) is 11.9. The molecule has 92 valence electrons. The zero-order valence-electron chi connectivity index (χ0n) is 10.6. The van der Waals surface area contributed by atoms with E-state index in [4.69, 9.17) is 0 Å². The van der Waals surface area contributed by atoms with E-state index in [1.54, 1.807) is 0 Å². The molecular formula is C12H23N3O.